The summed E-state index contributed by atoms with van der Waals surface area (Å²) in [6.45, 7) is 1.86. The molecule has 0 spiro atoms. The van der Waals surface area contributed by atoms with Crippen molar-refractivity contribution in [3.63, 3.8) is 0 Å². The van der Waals surface area contributed by atoms with Gasteiger partial charge in [-0.1, -0.05) is 23.7 Å². The molecule has 4 aromatic rings. The third-order valence-corrected chi connectivity index (χ3v) is 7.19. The van der Waals surface area contributed by atoms with Crippen molar-refractivity contribution in [3.05, 3.63) is 107 Å². The summed E-state index contributed by atoms with van der Waals surface area (Å²) in [5.41, 5.74) is 4.94. The van der Waals surface area contributed by atoms with Gasteiger partial charge in [-0.25, -0.2) is 8.42 Å². The van der Waals surface area contributed by atoms with Crippen LogP contribution in [0.5, 0.6) is 0 Å². The highest BCUT2D eigenvalue weighted by molar-refractivity contribution is 7.92. The van der Waals surface area contributed by atoms with E-state index in [1.165, 1.54) is 0 Å². The van der Waals surface area contributed by atoms with Crippen molar-refractivity contribution < 1.29 is 8.42 Å². The lowest BCUT2D eigenvalue weighted by Gasteiger charge is -2.29. The molecular formula is C26H24ClN5O2S2. The van der Waals surface area contributed by atoms with Crippen LogP contribution in [0.3, 0.4) is 0 Å². The number of nitrogens with zero attached hydrogens (tertiary/aromatic N) is 3. The second-order valence-corrected chi connectivity index (χ2v) is 11.2. The topological polar surface area (TPSA) is 79.3 Å². The largest absolute Gasteiger partial charge is 0.351 e. The van der Waals surface area contributed by atoms with Crippen LogP contribution in [0.15, 0.2) is 85.2 Å². The fourth-order valence-corrected chi connectivity index (χ4v) is 5.70. The number of rotatable bonds is 6. The number of sulfonamides is 1. The summed E-state index contributed by atoms with van der Waals surface area (Å²) < 4.78 is 28.2. The van der Waals surface area contributed by atoms with Crippen molar-refractivity contribution in [1.82, 2.24) is 14.9 Å². The summed E-state index contributed by atoms with van der Waals surface area (Å²) in [6.07, 6.45) is 4.91. The minimum absolute atomic E-state index is 0.222. The number of benzene rings is 2. The highest BCUT2D eigenvalue weighted by Gasteiger charge is 2.42. The predicted octanol–water partition coefficient (Wildman–Crippen LogP) is 5.38. The van der Waals surface area contributed by atoms with Gasteiger partial charge in [0.25, 0.3) is 0 Å². The van der Waals surface area contributed by atoms with Gasteiger partial charge in [0.2, 0.25) is 10.0 Å². The van der Waals surface area contributed by atoms with Crippen molar-refractivity contribution in [2.45, 2.75) is 19.0 Å². The maximum Gasteiger partial charge on any atom is 0.229 e. The quantitative estimate of drug-likeness (QED) is 0.321. The van der Waals surface area contributed by atoms with Crippen LogP contribution in [-0.2, 0) is 10.0 Å². The second kappa shape index (κ2) is 9.57. The number of pyridine rings is 1. The zero-order valence-electron chi connectivity index (χ0n) is 19.6. The van der Waals surface area contributed by atoms with Gasteiger partial charge in [0, 0.05) is 34.5 Å². The summed E-state index contributed by atoms with van der Waals surface area (Å²) in [4.78, 5) is 6.67. The van der Waals surface area contributed by atoms with E-state index < -0.39 is 10.0 Å². The summed E-state index contributed by atoms with van der Waals surface area (Å²) in [5.74, 6) is 0. The molecule has 2 atom stereocenters. The number of anilines is 2. The molecule has 2 N–H and O–H groups in total. The Labute approximate surface area is 220 Å². The smallest absolute Gasteiger partial charge is 0.229 e. The molecule has 3 heterocycles. The Morgan fingerprint density at radius 1 is 1.03 bits per heavy atom. The van der Waals surface area contributed by atoms with Crippen LogP contribution in [0.25, 0.3) is 5.69 Å². The van der Waals surface area contributed by atoms with E-state index in [2.05, 4.69) is 30.6 Å². The Kier molecular flexibility index (Phi) is 6.46. The zero-order valence-corrected chi connectivity index (χ0v) is 22.0. The molecule has 1 fully saturated rings. The van der Waals surface area contributed by atoms with Gasteiger partial charge in [0.1, 0.15) is 6.04 Å². The third kappa shape index (κ3) is 4.82. The molecule has 1 aliphatic heterocycles. The van der Waals surface area contributed by atoms with Gasteiger partial charge >= 0.3 is 0 Å². The Morgan fingerprint density at radius 3 is 2.56 bits per heavy atom. The van der Waals surface area contributed by atoms with Crippen LogP contribution < -0.4 is 14.9 Å². The summed E-state index contributed by atoms with van der Waals surface area (Å²) >= 11 is 12.1. The number of halogens is 1. The summed E-state index contributed by atoms with van der Waals surface area (Å²) in [7, 11) is -3.40. The molecule has 5 rings (SSSR count). The van der Waals surface area contributed by atoms with Crippen LogP contribution in [0, 0.1) is 6.92 Å². The fraction of sp³-hybridized carbons (Fsp3) is 0.154. The Bertz CT molecular complexity index is 1540. The normalized spacial score (nSPS) is 17.8. The SMILES string of the molecule is Cc1cc(N2C(=S)N[C@@H](c3ccccn3)[C@H]2c2cccn2-c2cccc(Cl)c2)ccc1NS(C)(=O)=O. The van der Waals surface area contributed by atoms with Crippen LogP contribution in [-0.4, -0.2) is 29.3 Å². The first-order valence-electron chi connectivity index (χ1n) is 11.2. The average molecular weight is 538 g/mol. The zero-order chi connectivity index (χ0) is 25.4. The highest BCUT2D eigenvalue weighted by Crippen LogP contribution is 2.43. The van der Waals surface area contributed by atoms with E-state index in [9.17, 15) is 8.42 Å². The van der Waals surface area contributed by atoms with Crippen LogP contribution in [0.4, 0.5) is 11.4 Å². The molecule has 36 heavy (non-hydrogen) atoms. The molecule has 2 aromatic carbocycles. The van der Waals surface area contributed by atoms with E-state index in [1.807, 2.05) is 73.8 Å². The first kappa shape index (κ1) is 24.3. The lowest BCUT2D eigenvalue weighted by molar-refractivity contribution is 0.549. The number of hydrogen-bond acceptors (Lipinski definition) is 4. The van der Waals surface area contributed by atoms with Crippen LogP contribution >= 0.6 is 23.8 Å². The maximum absolute atomic E-state index is 11.8. The van der Waals surface area contributed by atoms with Gasteiger partial charge in [0.15, 0.2) is 5.11 Å². The van der Waals surface area contributed by atoms with E-state index in [1.54, 1.807) is 12.3 Å². The van der Waals surface area contributed by atoms with E-state index in [4.69, 9.17) is 23.8 Å². The molecule has 0 saturated carbocycles. The molecule has 1 saturated heterocycles. The van der Waals surface area contributed by atoms with Crippen molar-refractivity contribution in [3.8, 4) is 5.69 Å². The molecule has 0 amide bonds. The maximum atomic E-state index is 11.8. The molecule has 1 aliphatic rings. The molecule has 0 aliphatic carbocycles. The van der Waals surface area contributed by atoms with Crippen LogP contribution in [0.2, 0.25) is 5.02 Å². The van der Waals surface area contributed by atoms with Crippen LogP contribution in [0.1, 0.15) is 29.0 Å². The average Bonchev–Trinajstić information content (AvgIpc) is 3.44. The molecule has 10 heteroatoms. The number of nitrogens with one attached hydrogen (secondary N) is 2. The van der Waals surface area contributed by atoms with Crippen molar-refractivity contribution >= 4 is 50.3 Å². The van der Waals surface area contributed by atoms with Crippen molar-refractivity contribution in [2.24, 2.45) is 0 Å². The van der Waals surface area contributed by atoms with Crippen molar-refractivity contribution in [1.29, 1.82) is 0 Å². The van der Waals surface area contributed by atoms with Gasteiger partial charge in [-0.05, 0) is 85.4 Å². The van der Waals surface area contributed by atoms with Gasteiger partial charge < -0.3 is 14.8 Å². The molecular weight excluding hydrogens is 514 g/mol. The minimum Gasteiger partial charge on any atom is -0.351 e. The predicted molar refractivity (Wildman–Crippen MR) is 148 cm³/mol. The summed E-state index contributed by atoms with van der Waals surface area (Å²) in [6, 6.07) is 22.7. The second-order valence-electron chi connectivity index (χ2n) is 8.65. The molecule has 0 bridgehead atoms. The van der Waals surface area contributed by atoms with Gasteiger partial charge in [-0.15, -0.1) is 0 Å². The molecule has 0 radical (unpaired) electrons. The Balaban J connectivity index is 1.64. The van der Waals surface area contributed by atoms with E-state index in [0.29, 0.717) is 15.8 Å². The van der Waals surface area contributed by atoms with E-state index in [-0.39, 0.29) is 12.1 Å². The number of hydrogen-bond donors (Lipinski definition) is 2. The molecule has 7 nitrogen and oxygen atoms in total. The lowest BCUT2D eigenvalue weighted by atomic mass is 10.0. The highest BCUT2D eigenvalue weighted by atomic mass is 35.5. The van der Waals surface area contributed by atoms with Crippen molar-refractivity contribution in [2.75, 3.05) is 15.9 Å². The Morgan fingerprint density at radius 2 is 1.86 bits per heavy atom. The lowest BCUT2D eigenvalue weighted by Crippen LogP contribution is -2.30. The van der Waals surface area contributed by atoms with Gasteiger partial charge in [-0.2, -0.15) is 0 Å². The summed E-state index contributed by atoms with van der Waals surface area (Å²) in [5, 5.41) is 4.66. The Hall–Kier alpha value is -3.40. The standard InChI is InChI=1S/C26H24ClN5O2S2/c1-17-15-20(11-12-21(17)30-36(2,33)34)32-25(24(29-26(32)35)22-9-3-4-13-28-22)23-10-6-14-31(23)19-8-5-7-18(27)16-19/h3-16,24-25,30H,1-2H3,(H,29,35)/t24-,25+/m0/s1. The third-order valence-electron chi connectivity index (χ3n) is 6.05. The van der Waals surface area contributed by atoms with Gasteiger partial charge in [0.05, 0.1) is 23.7 Å². The molecule has 184 valence electrons. The fourth-order valence-electron chi connectivity index (χ4n) is 4.54. The van der Waals surface area contributed by atoms with E-state index in [0.717, 1.165) is 34.6 Å². The first-order valence-corrected chi connectivity index (χ1v) is 13.9. The number of aryl methyl sites for hydroxylation is 1. The number of thiocarbonyl (C=S) groups is 1. The van der Waals surface area contributed by atoms with Gasteiger partial charge in [-0.3, -0.25) is 9.71 Å². The molecule has 2 aromatic heterocycles. The molecule has 0 unspecified atom stereocenters. The number of aromatic nitrogens is 2. The minimum atomic E-state index is -3.40. The van der Waals surface area contributed by atoms with E-state index >= 15 is 0 Å². The monoisotopic (exact) mass is 537 g/mol. The first-order chi connectivity index (χ1) is 17.2.